The van der Waals surface area contributed by atoms with Crippen LogP contribution in [0, 0.1) is 11.8 Å². The maximum Gasteiger partial charge on any atom is 0.352 e. The largest absolute Gasteiger partial charge is 0.477 e. The fourth-order valence-corrected chi connectivity index (χ4v) is 3.73. The zero-order valence-electron chi connectivity index (χ0n) is 16.2. The van der Waals surface area contributed by atoms with Gasteiger partial charge in [-0.3, -0.25) is 4.79 Å². The molecular formula is C23H24BrNO4. The number of carbonyl (C=O) groups excluding carboxylic acids is 1. The summed E-state index contributed by atoms with van der Waals surface area (Å²) in [4.78, 5) is 24.1. The fourth-order valence-electron chi connectivity index (χ4n) is 3.36. The van der Waals surface area contributed by atoms with Crippen molar-refractivity contribution in [2.75, 3.05) is 0 Å². The van der Waals surface area contributed by atoms with Crippen molar-refractivity contribution >= 4 is 33.9 Å². The van der Waals surface area contributed by atoms with Gasteiger partial charge in [-0.15, -0.1) is 0 Å². The minimum Gasteiger partial charge on any atom is -0.477 e. The van der Waals surface area contributed by atoms with Gasteiger partial charge in [0.05, 0.1) is 4.47 Å². The highest BCUT2D eigenvalue weighted by Gasteiger charge is 2.25. The Morgan fingerprint density at radius 2 is 1.72 bits per heavy atom. The van der Waals surface area contributed by atoms with Crippen molar-refractivity contribution in [3.8, 4) is 11.5 Å². The third-order valence-electron chi connectivity index (χ3n) is 5.13. The normalized spacial score (nSPS) is 19.4. The van der Waals surface area contributed by atoms with Crippen LogP contribution in [0.2, 0.25) is 0 Å². The van der Waals surface area contributed by atoms with Crippen LogP contribution >= 0.6 is 15.9 Å². The Hall–Kier alpha value is -2.60. The average molecular weight is 458 g/mol. The highest BCUT2D eigenvalue weighted by Crippen LogP contribution is 2.30. The molecule has 2 N–H and O–H groups in total. The van der Waals surface area contributed by atoms with Gasteiger partial charge in [-0.2, -0.15) is 0 Å². The number of carbonyl (C=O) groups is 2. The first-order chi connectivity index (χ1) is 13.9. The average Bonchev–Trinajstić information content (AvgIpc) is 2.71. The Kier molecular flexibility index (Phi) is 7.09. The maximum absolute atomic E-state index is 12.5. The Balaban J connectivity index is 1.68. The third kappa shape index (κ3) is 5.94. The Morgan fingerprint density at radius 1 is 1.07 bits per heavy atom. The van der Waals surface area contributed by atoms with Gasteiger partial charge in [0.25, 0.3) is 0 Å². The van der Waals surface area contributed by atoms with E-state index in [9.17, 15) is 14.7 Å². The molecule has 5 nitrogen and oxygen atoms in total. The molecule has 1 aliphatic carbocycles. The van der Waals surface area contributed by atoms with Crippen molar-refractivity contribution in [3.63, 3.8) is 0 Å². The van der Waals surface area contributed by atoms with Crippen molar-refractivity contribution in [3.05, 3.63) is 64.3 Å². The molecule has 2 aromatic carbocycles. The quantitative estimate of drug-likeness (QED) is 0.552. The second kappa shape index (κ2) is 9.74. The number of amides is 1. The predicted molar refractivity (Wildman–Crippen MR) is 116 cm³/mol. The number of carboxylic acid groups (broad SMARTS) is 1. The summed E-state index contributed by atoms with van der Waals surface area (Å²) in [6, 6.07) is 14.5. The first-order valence-corrected chi connectivity index (χ1v) is 10.5. The van der Waals surface area contributed by atoms with Gasteiger partial charge in [0.15, 0.2) is 0 Å². The van der Waals surface area contributed by atoms with E-state index in [0.717, 1.165) is 30.2 Å². The Bertz CT molecular complexity index is 899. The van der Waals surface area contributed by atoms with Crippen LogP contribution in [0.25, 0.3) is 6.08 Å². The van der Waals surface area contributed by atoms with Gasteiger partial charge in [-0.25, -0.2) is 4.79 Å². The van der Waals surface area contributed by atoms with E-state index >= 15 is 0 Å². The van der Waals surface area contributed by atoms with Crippen LogP contribution in [-0.4, -0.2) is 17.0 Å². The first-order valence-electron chi connectivity index (χ1n) is 9.70. The van der Waals surface area contributed by atoms with E-state index in [-0.39, 0.29) is 17.5 Å². The number of benzene rings is 2. The second-order valence-corrected chi connectivity index (χ2v) is 8.27. The highest BCUT2D eigenvalue weighted by atomic mass is 79.9. The summed E-state index contributed by atoms with van der Waals surface area (Å²) in [5.41, 5.74) is 0.549. The molecule has 0 heterocycles. The molecule has 152 valence electrons. The van der Waals surface area contributed by atoms with Crippen molar-refractivity contribution in [2.45, 2.75) is 32.6 Å². The van der Waals surface area contributed by atoms with Crippen molar-refractivity contribution in [1.29, 1.82) is 0 Å². The Morgan fingerprint density at radius 3 is 2.34 bits per heavy atom. The van der Waals surface area contributed by atoms with E-state index in [1.165, 1.54) is 6.08 Å². The zero-order valence-corrected chi connectivity index (χ0v) is 17.8. The molecule has 0 unspecified atom stereocenters. The van der Waals surface area contributed by atoms with Crippen LogP contribution in [0.3, 0.4) is 0 Å². The number of hydrogen-bond donors (Lipinski definition) is 2. The number of hydrogen-bond acceptors (Lipinski definition) is 3. The standard InChI is InChI=1S/C23H24BrNO4/c1-15-6-10-17(11-7-15)22(26)25-20(23(27)28)14-16-8-12-18(13-9-16)29-21-5-3-2-4-19(21)24/h2-5,8-9,12-15,17H,6-7,10-11H2,1H3,(H,25,26)(H,27,28). The number of carboxylic acids is 1. The van der Waals surface area contributed by atoms with Crippen molar-refractivity contribution < 1.29 is 19.4 Å². The van der Waals surface area contributed by atoms with Gasteiger partial charge in [0.1, 0.15) is 17.2 Å². The van der Waals surface area contributed by atoms with Crippen LogP contribution in [0.1, 0.15) is 38.2 Å². The lowest BCUT2D eigenvalue weighted by Crippen LogP contribution is -2.34. The lowest BCUT2D eigenvalue weighted by atomic mass is 9.82. The van der Waals surface area contributed by atoms with Crippen molar-refractivity contribution in [1.82, 2.24) is 5.32 Å². The van der Waals surface area contributed by atoms with Crippen LogP contribution < -0.4 is 10.1 Å². The summed E-state index contributed by atoms with van der Waals surface area (Å²) in [5.74, 6) is 0.470. The van der Waals surface area contributed by atoms with E-state index in [2.05, 4.69) is 28.2 Å². The van der Waals surface area contributed by atoms with Gasteiger partial charge < -0.3 is 15.2 Å². The van der Waals surface area contributed by atoms with Crippen LogP contribution in [0.5, 0.6) is 11.5 Å². The van der Waals surface area contributed by atoms with E-state index in [0.29, 0.717) is 23.0 Å². The molecule has 0 bridgehead atoms. The monoisotopic (exact) mass is 457 g/mol. The molecule has 0 saturated heterocycles. The molecule has 3 rings (SSSR count). The van der Waals surface area contributed by atoms with E-state index in [1.54, 1.807) is 24.3 Å². The van der Waals surface area contributed by atoms with Gasteiger partial charge in [0, 0.05) is 5.92 Å². The van der Waals surface area contributed by atoms with Gasteiger partial charge in [0.2, 0.25) is 5.91 Å². The smallest absolute Gasteiger partial charge is 0.352 e. The molecule has 0 aromatic heterocycles. The molecule has 0 atom stereocenters. The Labute approximate surface area is 178 Å². The second-order valence-electron chi connectivity index (χ2n) is 7.41. The molecule has 29 heavy (non-hydrogen) atoms. The lowest BCUT2D eigenvalue weighted by Gasteiger charge is -2.25. The van der Waals surface area contributed by atoms with Crippen LogP contribution in [0.15, 0.2) is 58.7 Å². The summed E-state index contributed by atoms with van der Waals surface area (Å²) in [6.45, 7) is 2.18. The summed E-state index contributed by atoms with van der Waals surface area (Å²) in [7, 11) is 0. The molecule has 6 heteroatoms. The van der Waals surface area contributed by atoms with E-state index < -0.39 is 5.97 Å². The van der Waals surface area contributed by atoms with Gasteiger partial charge in [-0.1, -0.05) is 31.2 Å². The van der Waals surface area contributed by atoms with Gasteiger partial charge in [-0.05, 0) is 83.4 Å². The summed E-state index contributed by atoms with van der Waals surface area (Å²) in [5, 5.41) is 12.1. The first kappa shape index (κ1) is 21.1. The SMILES string of the molecule is CC1CCC(C(=O)NC(=Cc2ccc(Oc3ccccc3Br)cc2)C(=O)O)CC1. The maximum atomic E-state index is 12.5. The zero-order chi connectivity index (χ0) is 20.8. The lowest BCUT2D eigenvalue weighted by molar-refractivity contribution is -0.135. The molecule has 1 aliphatic rings. The molecule has 1 saturated carbocycles. The minimum atomic E-state index is -1.16. The van der Waals surface area contributed by atoms with E-state index in [4.69, 9.17) is 4.74 Å². The molecule has 0 aliphatic heterocycles. The fraction of sp³-hybridized carbons (Fsp3) is 0.304. The molecule has 1 fully saturated rings. The summed E-state index contributed by atoms with van der Waals surface area (Å²) >= 11 is 3.44. The third-order valence-corrected chi connectivity index (χ3v) is 5.79. The number of ether oxygens (including phenoxy) is 1. The van der Waals surface area contributed by atoms with Crippen LogP contribution in [0.4, 0.5) is 0 Å². The highest BCUT2D eigenvalue weighted by molar-refractivity contribution is 9.10. The number of halogens is 1. The molecule has 2 aromatic rings. The number of aliphatic carboxylic acids is 1. The van der Waals surface area contributed by atoms with Crippen molar-refractivity contribution in [2.24, 2.45) is 11.8 Å². The number of nitrogens with one attached hydrogen (secondary N) is 1. The topological polar surface area (TPSA) is 75.6 Å². The van der Waals surface area contributed by atoms with Crippen LogP contribution in [-0.2, 0) is 9.59 Å². The molecule has 0 radical (unpaired) electrons. The molecule has 0 spiro atoms. The molecule has 1 amide bonds. The number of para-hydroxylation sites is 1. The molecular weight excluding hydrogens is 434 g/mol. The minimum absolute atomic E-state index is 0.117. The predicted octanol–water partition coefficient (Wildman–Crippen LogP) is 5.61. The van der Waals surface area contributed by atoms with Gasteiger partial charge >= 0.3 is 5.97 Å². The van der Waals surface area contributed by atoms with E-state index in [1.807, 2.05) is 24.3 Å². The number of rotatable bonds is 6. The summed E-state index contributed by atoms with van der Waals surface area (Å²) in [6.07, 6.45) is 5.09. The summed E-state index contributed by atoms with van der Waals surface area (Å²) < 4.78 is 6.66.